The van der Waals surface area contributed by atoms with Crippen molar-refractivity contribution in [2.75, 3.05) is 30.8 Å². The summed E-state index contributed by atoms with van der Waals surface area (Å²) >= 11 is 0. The third-order valence-electron chi connectivity index (χ3n) is 2.99. The number of nitrogens with one attached hydrogen (secondary N) is 2. The minimum absolute atomic E-state index is 0.135. The van der Waals surface area contributed by atoms with Gasteiger partial charge in [-0.15, -0.1) is 0 Å². The highest BCUT2D eigenvalue weighted by Crippen LogP contribution is 2.44. The van der Waals surface area contributed by atoms with Gasteiger partial charge in [-0.05, 0) is 18.9 Å². The Balaban J connectivity index is 1.93. The predicted octanol–water partition coefficient (Wildman–Crippen LogP) is 1.31. The molecule has 1 aromatic heterocycles. The summed E-state index contributed by atoms with van der Waals surface area (Å²) in [5, 5.41) is 15.5. The molecule has 0 unspecified atom stereocenters. The maximum Gasteiger partial charge on any atom is 0.0547 e. The molecule has 0 aromatic carbocycles. The van der Waals surface area contributed by atoms with Gasteiger partial charge in [0.15, 0.2) is 0 Å². The van der Waals surface area contributed by atoms with Crippen LogP contribution in [0.25, 0.3) is 0 Å². The first-order chi connectivity index (χ1) is 7.28. The molecule has 4 heteroatoms. The summed E-state index contributed by atoms with van der Waals surface area (Å²) in [4.78, 5) is 4.11. The van der Waals surface area contributed by atoms with Gasteiger partial charge >= 0.3 is 0 Å². The van der Waals surface area contributed by atoms with E-state index in [9.17, 15) is 0 Å². The smallest absolute Gasteiger partial charge is 0.0547 e. The van der Waals surface area contributed by atoms with Crippen molar-refractivity contribution in [3.8, 4) is 0 Å². The second-order valence-electron chi connectivity index (χ2n) is 4.22. The van der Waals surface area contributed by atoms with E-state index in [0.29, 0.717) is 0 Å². The van der Waals surface area contributed by atoms with Gasteiger partial charge in [-0.3, -0.25) is 4.98 Å². The van der Waals surface area contributed by atoms with Crippen LogP contribution in [0.5, 0.6) is 0 Å². The van der Waals surface area contributed by atoms with Crippen molar-refractivity contribution < 1.29 is 5.11 Å². The van der Waals surface area contributed by atoms with E-state index in [1.807, 2.05) is 13.1 Å². The molecule has 1 aliphatic rings. The Hall–Kier alpha value is -1.29. The summed E-state index contributed by atoms with van der Waals surface area (Å²) in [7, 11) is 1.87. The highest BCUT2D eigenvalue weighted by atomic mass is 16.3. The molecule has 0 saturated heterocycles. The van der Waals surface area contributed by atoms with Crippen LogP contribution in [0.3, 0.4) is 0 Å². The van der Waals surface area contributed by atoms with Gasteiger partial charge in [0.1, 0.15) is 0 Å². The molecule has 0 amide bonds. The molecule has 3 N–H and O–H groups in total. The Morgan fingerprint density at radius 3 is 2.73 bits per heavy atom. The maximum atomic E-state index is 9.17. The standard InChI is InChI=1S/C11H17N3O/c1-12-9-4-10(6-13-5-9)14-7-11(8-15)2-3-11/h4-6,12,14-15H,2-3,7-8H2,1H3. The minimum atomic E-state index is 0.135. The fourth-order valence-electron chi connectivity index (χ4n) is 1.53. The van der Waals surface area contributed by atoms with Crippen molar-refractivity contribution in [1.82, 2.24) is 4.98 Å². The zero-order valence-electron chi connectivity index (χ0n) is 8.95. The molecule has 0 spiro atoms. The molecule has 4 nitrogen and oxygen atoms in total. The first-order valence-corrected chi connectivity index (χ1v) is 5.26. The van der Waals surface area contributed by atoms with Gasteiger partial charge in [0.25, 0.3) is 0 Å². The number of rotatable bonds is 5. The van der Waals surface area contributed by atoms with Crippen molar-refractivity contribution in [3.05, 3.63) is 18.5 Å². The van der Waals surface area contributed by atoms with Gasteiger partial charge in [0.05, 0.1) is 30.4 Å². The lowest BCUT2D eigenvalue weighted by Crippen LogP contribution is -2.19. The van der Waals surface area contributed by atoms with Crippen LogP contribution < -0.4 is 10.6 Å². The first kappa shape index (κ1) is 10.2. The number of aliphatic hydroxyl groups excluding tert-OH is 1. The van der Waals surface area contributed by atoms with E-state index in [1.165, 1.54) is 0 Å². The molecule has 0 radical (unpaired) electrons. The lowest BCUT2D eigenvalue weighted by atomic mass is 10.1. The van der Waals surface area contributed by atoms with E-state index in [4.69, 9.17) is 5.11 Å². The van der Waals surface area contributed by atoms with Crippen LogP contribution in [-0.2, 0) is 0 Å². The van der Waals surface area contributed by atoms with Crippen molar-refractivity contribution in [3.63, 3.8) is 0 Å². The van der Waals surface area contributed by atoms with Gasteiger partial charge in [-0.1, -0.05) is 0 Å². The molecule has 1 aromatic rings. The van der Waals surface area contributed by atoms with Crippen LogP contribution in [0.2, 0.25) is 0 Å². The first-order valence-electron chi connectivity index (χ1n) is 5.26. The van der Waals surface area contributed by atoms with Crippen LogP contribution in [0.15, 0.2) is 18.5 Å². The average Bonchev–Trinajstić information content (AvgIpc) is 3.07. The fourth-order valence-corrected chi connectivity index (χ4v) is 1.53. The highest BCUT2D eigenvalue weighted by molar-refractivity contribution is 5.53. The molecular weight excluding hydrogens is 190 g/mol. The van der Waals surface area contributed by atoms with E-state index >= 15 is 0 Å². The van der Waals surface area contributed by atoms with Crippen molar-refractivity contribution in [2.45, 2.75) is 12.8 Å². The Morgan fingerprint density at radius 1 is 1.40 bits per heavy atom. The number of aromatic nitrogens is 1. The van der Waals surface area contributed by atoms with Gasteiger partial charge < -0.3 is 15.7 Å². The summed E-state index contributed by atoms with van der Waals surface area (Å²) in [6.45, 7) is 1.11. The third kappa shape index (κ3) is 2.39. The maximum absolute atomic E-state index is 9.17. The highest BCUT2D eigenvalue weighted by Gasteiger charge is 2.41. The van der Waals surface area contributed by atoms with Gasteiger partial charge in [-0.25, -0.2) is 0 Å². The van der Waals surface area contributed by atoms with E-state index in [1.54, 1.807) is 12.4 Å². The predicted molar refractivity (Wildman–Crippen MR) is 61.0 cm³/mol. The fraction of sp³-hybridized carbons (Fsp3) is 0.545. The topological polar surface area (TPSA) is 57.2 Å². The SMILES string of the molecule is CNc1cncc(NCC2(CO)CC2)c1. The molecule has 82 valence electrons. The van der Waals surface area contributed by atoms with Crippen molar-refractivity contribution >= 4 is 11.4 Å². The Morgan fingerprint density at radius 2 is 2.13 bits per heavy atom. The van der Waals surface area contributed by atoms with Crippen LogP contribution in [0, 0.1) is 5.41 Å². The van der Waals surface area contributed by atoms with E-state index < -0.39 is 0 Å². The molecule has 2 rings (SSSR count). The molecule has 15 heavy (non-hydrogen) atoms. The Bertz CT molecular complexity index is 336. The van der Waals surface area contributed by atoms with Gasteiger partial charge in [0, 0.05) is 19.0 Å². The number of nitrogens with zero attached hydrogens (tertiary/aromatic N) is 1. The van der Waals surface area contributed by atoms with E-state index in [-0.39, 0.29) is 12.0 Å². The van der Waals surface area contributed by atoms with Gasteiger partial charge in [0.2, 0.25) is 0 Å². The number of aliphatic hydroxyl groups is 1. The molecule has 1 heterocycles. The lowest BCUT2D eigenvalue weighted by Gasteiger charge is -2.14. The summed E-state index contributed by atoms with van der Waals surface area (Å²) in [5.74, 6) is 0. The molecule has 0 aliphatic heterocycles. The molecule has 1 aliphatic carbocycles. The largest absolute Gasteiger partial charge is 0.396 e. The third-order valence-corrected chi connectivity index (χ3v) is 2.99. The summed E-state index contributed by atoms with van der Waals surface area (Å²) in [6, 6.07) is 2.01. The number of pyridine rings is 1. The van der Waals surface area contributed by atoms with Crippen LogP contribution in [0.1, 0.15) is 12.8 Å². The monoisotopic (exact) mass is 207 g/mol. The van der Waals surface area contributed by atoms with Crippen LogP contribution >= 0.6 is 0 Å². The zero-order chi connectivity index (χ0) is 10.7. The van der Waals surface area contributed by atoms with Gasteiger partial charge in [-0.2, -0.15) is 0 Å². The second-order valence-corrected chi connectivity index (χ2v) is 4.22. The molecule has 1 fully saturated rings. The Labute approximate surface area is 89.7 Å². The van der Waals surface area contributed by atoms with E-state index in [0.717, 1.165) is 30.8 Å². The van der Waals surface area contributed by atoms with Crippen LogP contribution in [0.4, 0.5) is 11.4 Å². The quantitative estimate of drug-likeness (QED) is 0.681. The summed E-state index contributed by atoms with van der Waals surface area (Å²) in [5.41, 5.74) is 2.13. The lowest BCUT2D eigenvalue weighted by molar-refractivity contribution is 0.220. The molecular formula is C11H17N3O. The normalized spacial score (nSPS) is 17.2. The summed E-state index contributed by atoms with van der Waals surface area (Å²) < 4.78 is 0. The number of hydrogen-bond donors (Lipinski definition) is 3. The second kappa shape index (κ2) is 4.06. The zero-order valence-corrected chi connectivity index (χ0v) is 8.95. The number of hydrogen-bond acceptors (Lipinski definition) is 4. The average molecular weight is 207 g/mol. The Kier molecular flexibility index (Phi) is 2.77. The molecule has 0 atom stereocenters. The van der Waals surface area contributed by atoms with E-state index in [2.05, 4.69) is 15.6 Å². The molecule has 1 saturated carbocycles. The van der Waals surface area contributed by atoms with Crippen molar-refractivity contribution in [1.29, 1.82) is 0 Å². The summed E-state index contributed by atoms with van der Waals surface area (Å²) in [6.07, 6.45) is 5.82. The van der Waals surface area contributed by atoms with Crippen molar-refractivity contribution in [2.24, 2.45) is 5.41 Å². The van der Waals surface area contributed by atoms with Crippen LogP contribution in [-0.4, -0.2) is 30.3 Å². The number of anilines is 2. The molecule has 0 bridgehead atoms. The minimum Gasteiger partial charge on any atom is -0.396 e.